The molecule has 1 aromatic heterocycles. The van der Waals surface area contributed by atoms with Crippen molar-refractivity contribution in [1.29, 1.82) is 0 Å². The van der Waals surface area contributed by atoms with Crippen molar-refractivity contribution in [3.8, 4) is 0 Å². The number of nitrogens with one attached hydrogen (secondary N) is 1. The lowest BCUT2D eigenvalue weighted by molar-refractivity contribution is 0.926. The molecule has 0 saturated carbocycles. The van der Waals surface area contributed by atoms with Crippen LogP contribution in [0.2, 0.25) is 0 Å². The second-order valence-corrected chi connectivity index (χ2v) is 2.80. The summed E-state index contributed by atoms with van der Waals surface area (Å²) in [6.07, 6.45) is 0.800. The van der Waals surface area contributed by atoms with E-state index in [9.17, 15) is 0 Å². The number of halogens is 1. The highest BCUT2D eigenvalue weighted by Crippen LogP contribution is 2.11. The van der Waals surface area contributed by atoms with Gasteiger partial charge in [-0.3, -0.25) is 0 Å². The summed E-state index contributed by atoms with van der Waals surface area (Å²) < 4.78 is 0.747. The summed E-state index contributed by atoms with van der Waals surface area (Å²) in [5.74, 6) is 6.58. The molecule has 1 aromatic rings. The first-order valence-electron chi connectivity index (χ1n) is 3.26. The zero-order chi connectivity index (χ0) is 8.27. The predicted molar refractivity (Wildman–Crippen MR) is 46.9 cm³/mol. The van der Waals surface area contributed by atoms with Gasteiger partial charge in [-0.15, -0.1) is 0 Å². The smallest absolute Gasteiger partial charge is 0.144 e. The van der Waals surface area contributed by atoms with Crippen LogP contribution in [0, 0.1) is 0 Å². The maximum Gasteiger partial charge on any atom is 0.144 e. The summed E-state index contributed by atoms with van der Waals surface area (Å²) in [6.45, 7) is 1.99. The van der Waals surface area contributed by atoms with Gasteiger partial charge in [0.25, 0.3) is 0 Å². The number of rotatable bonds is 2. The average molecular weight is 217 g/mol. The monoisotopic (exact) mass is 216 g/mol. The van der Waals surface area contributed by atoms with E-state index in [2.05, 4.69) is 31.3 Å². The van der Waals surface area contributed by atoms with Crippen LogP contribution in [0.3, 0.4) is 0 Å². The van der Waals surface area contributed by atoms with E-state index in [-0.39, 0.29) is 0 Å². The molecule has 0 radical (unpaired) electrons. The Morgan fingerprint density at radius 3 is 2.91 bits per heavy atom. The second-order valence-electron chi connectivity index (χ2n) is 1.99. The molecule has 5 heteroatoms. The van der Waals surface area contributed by atoms with E-state index in [1.807, 2.05) is 6.92 Å². The molecule has 0 fully saturated rings. The second kappa shape index (κ2) is 3.64. The molecule has 0 aliphatic rings. The Labute approximate surface area is 73.3 Å². The standard InChI is InChI=1S/C6H9BrN4/c1-2-5-9-4(7)3-6(10-5)11-8/h3H,2,8H2,1H3,(H,9,10,11). The SMILES string of the molecule is CCc1nc(Br)cc(NN)n1. The molecule has 1 heterocycles. The van der Waals surface area contributed by atoms with Gasteiger partial charge in [-0.1, -0.05) is 6.92 Å². The van der Waals surface area contributed by atoms with E-state index in [1.165, 1.54) is 0 Å². The minimum atomic E-state index is 0.628. The van der Waals surface area contributed by atoms with E-state index in [0.29, 0.717) is 5.82 Å². The number of hydrogen-bond acceptors (Lipinski definition) is 4. The molecule has 0 aliphatic heterocycles. The fourth-order valence-corrected chi connectivity index (χ4v) is 1.12. The van der Waals surface area contributed by atoms with E-state index in [0.717, 1.165) is 16.8 Å². The van der Waals surface area contributed by atoms with Crippen LogP contribution >= 0.6 is 15.9 Å². The molecule has 4 nitrogen and oxygen atoms in total. The highest BCUT2D eigenvalue weighted by Gasteiger charge is 1.98. The molecule has 0 amide bonds. The molecule has 0 unspecified atom stereocenters. The molecule has 3 N–H and O–H groups in total. The van der Waals surface area contributed by atoms with Crippen molar-refractivity contribution in [3.63, 3.8) is 0 Å². The maximum absolute atomic E-state index is 5.18. The quantitative estimate of drug-likeness (QED) is 0.442. The third kappa shape index (κ3) is 2.13. The highest BCUT2D eigenvalue weighted by atomic mass is 79.9. The van der Waals surface area contributed by atoms with Crippen molar-refractivity contribution in [2.75, 3.05) is 5.43 Å². The van der Waals surface area contributed by atoms with Crippen molar-refractivity contribution in [2.24, 2.45) is 5.84 Å². The molecule has 0 aliphatic carbocycles. The summed E-state index contributed by atoms with van der Waals surface area (Å²) in [4.78, 5) is 8.20. The van der Waals surface area contributed by atoms with E-state index >= 15 is 0 Å². The van der Waals surface area contributed by atoms with E-state index in [1.54, 1.807) is 6.07 Å². The van der Waals surface area contributed by atoms with Crippen molar-refractivity contribution >= 4 is 21.7 Å². The van der Waals surface area contributed by atoms with Crippen molar-refractivity contribution < 1.29 is 0 Å². The summed E-state index contributed by atoms with van der Waals surface area (Å²) in [6, 6.07) is 1.72. The molecule has 0 saturated heterocycles. The number of nitrogens with two attached hydrogens (primary N) is 1. The van der Waals surface area contributed by atoms with Gasteiger partial charge >= 0.3 is 0 Å². The number of hydrazine groups is 1. The van der Waals surface area contributed by atoms with Crippen LogP contribution in [0.5, 0.6) is 0 Å². The van der Waals surface area contributed by atoms with Gasteiger partial charge in [0.2, 0.25) is 0 Å². The lowest BCUT2D eigenvalue weighted by Gasteiger charge is -2.01. The number of hydrogen-bond donors (Lipinski definition) is 2. The average Bonchev–Trinajstić information content (AvgIpc) is 2.03. The minimum absolute atomic E-state index is 0.628. The first-order chi connectivity index (χ1) is 5.26. The van der Waals surface area contributed by atoms with Crippen LogP contribution in [0.15, 0.2) is 10.7 Å². The number of nitrogens with zero attached hydrogens (tertiary/aromatic N) is 2. The third-order valence-corrected chi connectivity index (χ3v) is 1.61. The topological polar surface area (TPSA) is 63.8 Å². The van der Waals surface area contributed by atoms with Crippen molar-refractivity contribution in [3.05, 3.63) is 16.5 Å². The minimum Gasteiger partial charge on any atom is -0.308 e. The molecule has 60 valence electrons. The largest absolute Gasteiger partial charge is 0.308 e. The zero-order valence-corrected chi connectivity index (χ0v) is 7.72. The number of nitrogen functional groups attached to an aromatic ring is 1. The molecular weight excluding hydrogens is 208 g/mol. The Bertz CT molecular complexity index is 228. The maximum atomic E-state index is 5.18. The lowest BCUT2D eigenvalue weighted by Crippen LogP contribution is -2.10. The molecule has 1 rings (SSSR count). The van der Waals surface area contributed by atoms with Crippen LogP contribution in [0.4, 0.5) is 5.82 Å². The summed E-state index contributed by atoms with van der Waals surface area (Å²) >= 11 is 3.25. The fraction of sp³-hybridized carbons (Fsp3) is 0.333. The van der Waals surface area contributed by atoms with Gasteiger partial charge in [-0.05, 0) is 15.9 Å². The molecule has 0 aromatic carbocycles. The Hall–Kier alpha value is -0.680. The first kappa shape index (κ1) is 8.42. The van der Waals surface area contributed by atoms with Crippen molar-refractivity contribution in [1.82, 2.24) is 9.97 Å². The van der Waals surface area contributed by atoms with Gasteiger partial charge in [0.15, 0.2) is 0 Å². The van der Waals surface area contributed by atoms with Gasteiger partial charge in [0.1, 0.15) is 16.2 Å². The molecule has 11 heavy (non-hydrogen) atoms. The van der Waals surface area contributed by atoms with Crippen LogP contribution in [-0.2, 0) is 6.42 Å². The first-order valence-corrected chi connectivity index (χ1v) is 4.05. The van der Waals surface area contributed by atoms with Crippen LogP contribution in [0.25, 0.3) is 0 Å². The van der Waals surface area contributed by atoms with E-state index in [4.69, 9.17) is 5.84 Å². The van der Waals surface area contributed by atoms with Crippen LogP contribution in [0.1, 0.15) is 12.7 Å². The summed E-state index contributed by atoms with van der Waals surface area (Å²) in [7, 11) is 0. The number of aryl methyl sites for hydroxylation is 1. The van der Waals surface area contributed by atoms with Gasteiger partial charge in [-0.25, -0.2) is 15.8 Å². The summed E-state index contributed by atoms with van der Waals surface area (Å²) in [5.41, 5.74) is 2.46. The lowest BCUT2D eigenvalue weighted by atomic mass is 10.4. The summed E-state index contributed by atoms with van der Waals surface area (Å²) in [5, 5.41) is 0. The molecular formula is C6H9BrN4. The Balaban J connectivity index is 3.02. The molecule has 0 bridgehead atoms. The van der Waals surface area contributed by atoms with Crippen molar-refractivity contribution in [2.45, 2.75) is 13.3 Å². The van der Waals surface area contributed by atoms with Gasteiger partial charge in [0.05, 0.1) is 0 Å². The highest BCUT2D eigenvalue weighted by molar-refractivity contribution is 9.10. The number of anilines is 1. The zero-order valence-electron chi connectivity index (χ0n) is 6.13. The predicted octanol–water partition coefficient (Wildman–Crippen LogP) is 1.09. The Morgan fingerprint density at radius 2 is 2.36 bits per heavy atom. The van der Waals surface area contributed by atoms with Gasteiger partial charge in [0, 0.05) is 12.5 Å². The normalized spacial score (nSPS) is 9.73. The van der Waals surface area contributed by atoms with Crippen LogP contribution < -0.4 is 11.3 Å². The van der Waals surface area contributed by atoms with E-state index < -0.39 is 0 Å². The molecule has 0 atom stereocenters. The van der Waals surface area contributed by atoms with Gasteiger partial charge in [-0.2, -0.15) is 0 Å². The molecule has 0 spiro atoms. The van der Waals surface area contributed by atoms with Gasteiger partial charge < -0.3 is 5.43 Å². The number of aromatic nitrogens is 2. The fourth-order valence-electron chi connectivity index (χ4n) is 0.697. The third-order valence-electron chi connectivity index (χ3n) is 1.21. The Kier molecular flexibility index (Phi) is 2.78. The Morgan fingerprint density at radius 1 is 1.64 bits per heavy atom. The van der Waals surface area contributed by atoms with Crippen LogP contribution in [-0.4, -0.2) is 9.97 Å².